The van der Waals surface area contributed by atoms with E-state index in [1.165, 1.54) is 58.2 Å². The SMILES string of the molecule is CN(C)C1CCN(CC2CCCCC2)C1. The number of hydrogen-bond donors (Lipinski definition) is 0. The predicted octanol–water partition coefficient (Wildman–Crippen LogP) is 2.20. The molecule has 1 atom stereocenters. The maximum Gasteiger partial charge on any atom is 0.0229 e. The molecule has 2 heteroatoms. The van der Waals surface area contributed by atoms with Crippen molar-refractivity contribution < 1.29 is 0 Å². The second kappa shape index (κ2) is 5.31. The van der Waals surface area contributed by atoms with Gasteiger partial charge in [-0.1, -0.05) is 19.3 Å². The Balaban J connectivity index is 1.71. The van der Waals surface area contributed by atoms with Gasteiger partial charge in [0.1, 0.15) is 0 Å². The minimum absolute atomic E-state index is 0.814. The summed E-state index contributed by atoms with van der Waals surface area (Å²) in [6.07, 6.45) is 8.80. The number of nitrogens with zero attached hydrogens (tertiary/aromatic N) is 2. The molecule has 2 rings (SSSR count). The Hall–Kier alpha value is -0.0800. The maximum atomic E-state index is 2.70. The molecule has 0 amide bonds. The molecule has 2 nitrogen and oxygen atoms in total. The highest BCUT2D eigenvalue weighted by Crippen LogP contribution is 2.26. The number of likely N-dealkylation sites (tertiary alicyclic amines) is 1. The molecule has 0 bridgehead atoms. The minimum atomic E-state index is 0.814. The monoisotopic (exact) mass is 210 g/mol. The molecular weight excluding hydrogens is 184 g/mol. The van der Waals surface area contributed by atoms with Crippen LogP contribution in [0.3, 0.4) is 0 Å². The van der Waals surface area contributed by atoms with Gasteiger partial charge in [-0.3, -0.25) is 0 Å². The summed E-state index contributed by atoms with van der Waals surface area (Å²) >= 11 is 0. The van der Waals surface area contributed by atoms with E-state index in [0.717, 1.165) is 12.0 Å². The summed E-state index contributed by atoms with van der Waals surface area (Å²) in [6.45, 7) is 4.02. The van der Waals surface area contributed by atoms with Crippen LogP contribution in [0.25, 0.3) is 0 Å². The lowest BCUT2D eigenvalue weighted by Gasteiger charge is -2.27. The summed E-state index contributed by atoms with van der Waals surface area (Å²) in [7, 11) is 4.43. The first-order chi connectivity index (χ1) is 7.25. The quantitative estimate of drug-likeness (QED) is 0.704. The molecular formula is C13H26N2. The normalized spacial score (nSPS) is 30.2. The van der Waals surface area contributed by atoms with Crippen molar-refractivity contribution in [2.75, 3.05) is 33.7 Å². The van der Waals surface area contributed by atoms with E-state index in [1.807, 2.05) is 0 Å². The van der Waals surface area contributed by atoms with E-state index in [2.05, 4.69) is 23.9 Å². The molecule has 88 valence electrons. The fourth-order valence-electron chi connectivity index (χ4n) is 3.13. The lowest BCUT2D eigenvalue weighted by atomic mass is 9.89. The second-order valence-electron chi connectivity index (χ2n) is 5.67. The first-order valence-electron chi connectivity index (χ1n) is 6.64. The summed E-state index contributed by atoms with van der Waals surface area (Å²) in [6, 6.07) is 0.814. The van der Waals surface area contributed by atoms with Crippen LogP contribution in [0.5, 0.6) is 0 Å². The van der Waals surface area contributed by atoms with Gasteiger partial charge in [-0.15, -0.1) is 0 Å². The Morgan fingerprint density at radius 3 is 2.40 bits per heavy atom. The van der Waals surface area contributed by atoms with E-state index < -0.39 is 0 Å². The van der Waals surface area contributed by atoms with Crippen LogP contribution in [0, 0.1) is 5.92 Å². The minimum Gasteiger partial charge on any atom is -0.305 e. The fourth-order valence-corrected chi connectivity index (χ4v) is 3.13. The van der Waals surface area contributed by atoms with E-state index in [-0.39, 0.29) is 0 Å². The first kappa shape index (κ1) is 11.4. The van der Waals surface area contributed by atoms with E-state index in [0.29, 0.717) is 0 Å². The van der Waals surface area contributed by atoms with Gasteiger partial charge in [-0.2, -0.15) is 0 Å². The Kier molecular flexibility index (Phi) is 4.04. The highest BCUT2D eigenvalue weighted by Gasteiger charge is 2.26. The molecule has 15 heavy (non-hydrogen) atoms. The standard InChI is InChI=1S/C13H26N2/c1-14(2)13-8-9-15(11-13)10-12-6-4-3-5-7-12/h12-13H,3-11H2,1-2H3. The summed E-state index contributed by atoms with van der Waals surface area (Å²) in [5.41, 5.74) is 0. The van der Waals surface area contributed by atoms with Crippen LogP contribution in [0.4, 0.5) is 0 Å². The van der Waals surface area contributed by atoms with Crippen LogP contribution < -0.4 is 0 Å². The third-order valence-corrected chi connectivity index (χ3v) is 4.22. The van der Waals surface area contributed by atoms with Crippen molar-refractivity contribution in [1.82, 2.24) is 9.80 Å². The van der Waals surface area contributed by atoms with E-state index in [4.69, 9.17) is 0 Å². The van der Waals surface area contributed by atoms with Crippen LogP contribution in [0.1, 0.15) is 38.5 Å². The molecule has 1 aliphatic heterocycles. The zero-order valence-electron chi connectivity index (χ0n) is 10.4. The van der Waals surface area contributed by atoms with Gasteiger partial charge in [-0.05, 0) is 45.8 Å². The molecule has 0 radical (unpaired) electrons. The van der Waals surface area contributed by atoms with Crippen molar-refractivity contribution in [2.45, 2.75) is 44.6 Å². The van der Waals surface area contributed by atoms with Gasteiger partial charge in [0.2, 0.25) is 0 Å². The van der Waals surface area contributed by atoms with Gasteiger partial charge in [0.25, 0.3) is 0 Å². The van der Waals surface area contributed by atoms with E-state index >= 15 is 0 Å². The molecule has 0 aromatic carbocycles. The van der Waals surface area contributed by atoms with Gasteiger partial charge in [0.05, 0.1) is 0 Å². The number of rotatable bonds is 3. The molecule has 1 heterocycles. The molecule has 2 fully saturated rings. The largest absolute Gasteiger partial charge is 0.305 e. The highest BCUT2D eigenvalue weighted by atomic mass is 15.2. The first-order valence-corrected chi connectivity index (χ1v) is 6.64. The molecule has 0 aromatic heterocycles. The zero-order chi connectivity index (χ0) is 10.7. The van der Waals surface area contributed by atoms with Crippen LogP contribution >= 0.6 is 0 Å². The van der Waals surface area contributed by atoms with Crippen LogP contribution in [-0.4, -0.2) is 49.6 Å². The average molecular weight is 210 g/mol. The second-order valence-corrected chi connectivity index (χ2v) is 5.67. The van der Waals surface area contributed by atoms with Gasteiger partial charge >= 0.3 is 0 Å². The Morgan fingerprint density at radius 2 is 1.80 bits per heavy atom. The average Bonchev–Trinajstić information content (AvgIpc) is 2.68. The van der Waals surface area contributed by atoms with Crippen molar-refractivity contribution in [2.24, 2.45) is 5.92 Å². The van der Waals surface area contributed by atoms with Gasteiger partial charge < -0.3 is 9.80 Å². The zero-order valence-corrected chi connectivity index (χ0v) is 10.4. The topological polar surface area (TPSA) is 6.48 Å². The van der Waals surface area contributed by atoms with Gasteiger partial charge in [0, 0.05) is 19.1 Å². The fraction of sp³-hybridized carbons (Fsp3) is 1.00. The van der Waals surface area contributed by atoms with E-state index in [9.17, 15) is 0 Å². The molecule has 1 aliphatic carbocycles. The number of hydrogen-bond acceptors (Lipinski definition) is 2. The van der Waals surface area contributed by atoms with Crippen molar-refractivity contribution in [1.29, 1.82) is 0 Å². The van der Waals surface area contributed by atoms with E-state index in [1.54, 1.807) is 0 Å². The van der Waals surface area contributed by atoms with Crippen molar-refractivity contribution in [3.05, 3.63) is 0 Å². The summed E-state index contributed by atoms with van der Waals surface area (Å²) < 4.78 is 0. The van der Waals surface area contributed by atoms with Crippen LogP contribution in [0.2, 0.25) is 0 Å². The third kappa shape index (κ3) is 3.18. The molecule has 1 saturated carbocycles. The van der Waals surface area contributed by atoms with Crippen molar-refractivity contribution >= 4 is 0 Å². The highest BCUT2D eigenvalue weighted by molar-refractivity contribution is 4.82. The number of likely N-dealkylation sites (N-methyl/N-ethyl adjacent to an activating group) is 1. The third-order valence-electron chi connectivity index (χ3n) is 4.22. The maximum absolute atomic E-state index is 2.70. The summed E-state index contributed by atoms with van der Waals surface area (Å²) in [4.78, 5) is 5.08. The van der Waals surface area contributed by atoms with Crippen LogP contribution in [-0.2, 0) is 0 Å². The lowest BCUT2D eigenvalue weighted by Crippen LogP contribution is -2.34. The molecule has 2 aliphatic rings. The van der Waals surface area contributed by atoms with Crippen LogP contribution in [0.15, 0.2) is 0 Å². The summed E-state index contributed by atoms with van der Waals surface area (Å²) in [5.74, 6) is 1.01. The summed E-state index contributed by atoms with van der Waals surface area (Å²) in [5, 5.41) is 0. The van der Waals surface area contributed by atoms with Gasteiger partial charge in [0.15, 0.2) is 0 Å². The predicted molar refractivity (Wildman–Crippen MR) is 65.1 cm³/mol. The van der Waals surface area contributed by atoms with Gasteiger partial charge in [-0.25, -0.2) is 0 Å². The molecule has 0 N–H and O–H groups in total. The smallest absolute Gasteiger partial charge is 0.0229 e. The lowest BCUT2D eigenvalue weighted by molar-refractivity contribution is 0.215. The Morgan fingerprint density at radius 1 is 1.07 bits per heavy atom. The molecule has 1 saturated heterocycles. The Bertz CT molecular complexity index is 185. The molecule has 1 unspecified atom stereocenters. The Labute approximate surface area is 94.6 Å². The van der Waals surface area contributed by atoms with Crippen molar-refractivity contribution in [3.63, 3.8) is 0 Å². The molecule has 0 aromatic rings. The molecule has 0 spiro atoms. The van der Waals surface area contributed by atoms with Crippen molar-refractivity contribution in [3.8, 4) is 0 Å².